The monoisotopic (exact) mass is 287 g/mol. The van der Waals surface area contributed by atoms with Gasteiger partial charge in [0, 0.05) is 6.54 Å². The van der Waals surface area contributed by atoms with Gasteiger partial charge in [-0.15, -0.1) is 0 Å². The minimum atomic E-state index is -3.59. The van der Waals surface area contributed by atoms with Crippen LogP contribution in [0, 0.1) is 11.8 Å². The Kier molecular flexibility index (Phi) is 4.65. The quantitative estimate of drug-likeness (QED) is 0.866. The minimum absolute atomic E-state index is 0.124. The topological polar surface area (TPSA) is 79.5 Å². The van der Waals surface area contributed by atoms with Gasteiger partial charge in [0.25, 0.3) is 10.0 Å². The van der Waals surface area contributed by atoms with Gasteiger partial charge < -0.3 is 9.52 Å². The molecule has 0 radical (unpaired) electrons. The van der Waals surface area contributed by atoms with Gasteiger partial charge in [0.05, 0.1) is 0 Å². The number of sulfonamides is 1. The van der Waals surface area contributed by atoms with Gasteiger partial charge >= 0.3 is 0 Å². The second-order valence-corrected chi connectivity index (χ2v) is 7.05. The normalized spacial score (nSPS) is 24.5. The molecule has 0 aliphatic heterocycles. The minimum Gasteiger partial charge on any atom is -0.446 e. The molecule has 19 heavy (non-hydrogen) atoms. The summed E-state index contributed by atoms with van der Waals surface area (Å²) in [6.45, 7) is 2.40. The molecule has 0 amide bonds. The highest BCUT2D eigenvalue weighted by molar-refractivity contribution is 7.89. The lowest BCUT2D eigenvalue weighted by Crippen LogP contribution is -2.31. The Morgan fingerprint density at radius 2 is 2.00 bits per heavy atom. The maximum atomic E-state index is 12.0. The number of rotatable bonds is 5. The lowest BCUT2D eigenvalue weighted by molar-refractivity contribution is 0.236. The Morgan fingerprint density at radius 3 is 2.58 bits per heavy atom. The average Bonchev–Trinajstić information content (AvgIpc) is 2.88. The van der Waals surface area contributed by atoms with Gasteiger partial charge in [0.1, 0.15) is 12.4 Å². The van der Waals surface area contributed by atoms with Crippen LogP contribution in [0.2, 0.25) is 0 Å². The van der Waals surface area contributed by atoms with Crippen molar-refractivity contribution < 1.29 is 17.9 Å². The molecule has 1 fully saturated rings. The Morgan fingerprint density at radius 1 is 1.32 bits per heavy atom. The van der Waals surface area contributed by atoms with E-state index in [1.54, 1.807) is 0 Å². The third-order valence-electron chi connectivity index (χ3n) is 3.76. The van der Waals surface area contributed by atoms with Gasteiger partial charge in [-0.3, -0.25) is 0 Å². The predicted molar refractivity (Wildman–Crippen MR) is 70.9 cm³/mol. The van der Waals surface area contributed by atoms with E-state index in [0.717, 1.165) is 18.8 Å². The second kappa shape index (κ2) is 6.07. The molecule has 5 nitrogen and oxygen atoms in total. The molecule has 1 heterocycles. The standard InChI is InChI=1S/C13H21NO4S/c1-10-2-4-11(5-3-10)8-14-19(16,17)13-7-6-12(9-15)18-13/h6-7,10-11,14-15H,2-5,8-9H2,1H3. The highest BCUT2D eigenvalue weighted by atomic mass is 32.2. The van der Waals surface area contributed by atoms with E-state index in [0.29, 0.717) is 12.5 Å². The Hall–Kier alpha value is -0.850. The van der Waals surface area contributed by atoms with Crippen molar-refractivity contribution >= 4 is 10.0 Å². The summed E-state index contributed by atoms with van der Waals surface area (Å²) in [6, 6.07) is 2.84. The molecule has 6 heteroatoms. The molecule has 1 aliphatic carbocycles. The van der Waals surface area contributed by atoms with E-state index in [9.17, 15) is 8.42 Å². The predicted octanol–water partition coefficient (Wildman–Crippen LogP) is 1.88. The average molecular weight is 287 g/mol. The molecule has 1 aliphatic rings. The Balaban J connectivity index is 1.90. The largest absolute Gasteiger partial charge is 0.446 e. The molecular formula is C13H21NO4S. The first kappa shape index (κ1) is 14.6. The van der Waals surface area contributed by atoms with Gasteiger partial charge in [0.2, 0.25) is 5.09 Å². The highest BCUT2D eigenvalue weighted by Gasteiger charge is 2.23. The van der Waals surface area contributed by atoms with Gasteiger partial charge in [-0.1, -0.05) is 19.8 Å². The van der Waals surface area contributed by atoms with E-state index in [-0.39, 0.29) is 17.5 Å². The van der Waals surface area contributed by atoms with Crippen LogP contribution in [0.3, 0.4) is 0 Å². The number of hydrogen-bond acceptors (Lipinski definition) is 4. The van der Waals surface area contributed by atoms with Crippen LogP contribution in [-0.4, -0.2) is 20.1 Å². The molecule has 0 bridgehead atoms. The first-order valence-corrected chi connectivity index (χ1v) is 8.19. The van der Waals surface area contributed by atoms with E-state index in [1.165, 1.54) is 25.0 Å². The van der Waals surface area contributed by atoms with Crippen molar-refractivity contribution in [2.24, 2.45) is 11.8 Å². The zero-order valence-electron chi connectivity index (χ0n) is 11.1. The Labute approximate surface area is 114 Å². The molecular weight excluding hydrogens is 266 g/mol. The van der Waals surface area contributed by atoms with Crippen molar-refractivity contribution in [3.63, 3.8) is 0 Å². The fourth-order valence-electron chi connectivity index (χ4n) is 2.42. The summed E-state index contributed by atoms with van der Waals surface area (Å²) >= 11 is 0. The molecule has 0 spiro atoms. The number of aliphatic hydroxyl groups excluding tert-OH is 1. The van der Waals surface area contributed by atoms with Crippen LogP contribution in [0.4, 0.5) is 0 Å². The summed E-state index contributed by atoms with van der Waals surface area (Å²) in [5.41, 5.74) is 0. The SMILES string of the molecule is CC1CCC(CNS(=O)(=O)c2ccc(CO)o2)CC1. The first-order valence-electron chi connectivity index (χ1n) is 6.70. The molecule has 108 valence electrons. The van der Waals surface area contributed by atoms with E-state index in [2.05, 4.69) is 11.6 Å². The molecule has 1 aromatic rings. The van der Waals surface area contributed by atoms with Crippen molar-refractivity contribution in [3.05, 3.63) is 17.9 Å². The van der Waals surface area contributed by atoms with Crippen molar-refractivity contribution in [2.75, 3.05) is 6.54 Å². The maximum absolute atomic E-state index is 12.0. The van der Waals surface area contributed by atoms with Crippen LogP contribution in [0.15, 0.2) is 21.6 Å². The maximum Gasteiger partial charge on any atom is 0.273 e. The van der Waals surface area contributed by atoms with Gasteiger partial charge in [-0.25, -0.2) is 13.1 Å². The number of hydrogen-bond donors (Lipinski definition) is 2. The molecule has 0 saturated heterocycles. The van der Waals surface area contributed by atoms with Crippen molar-refractivity contribution in [3.8, 4) is 0 Å². The van der Waals surface area contributed by atoms with Crippen LogP contribution in [-0.2, 0) is 16.6 Å². The first-order chi connectivity index (χ1) is 9.01. The molecule has 0 atom stereocenters. The number of aliphatic hydroxyl groups is 1. The third kappa shape index (κ3) is 3.81. The number of nitrogens with one attached hydrogen (secondary N) is 1. The highest BCUT2D eigenvalue weighted by Crippen LogP contribution is 2.28. The van der Waals surface area contributed by atoms with Gasteiger partial charge in [-0.2, -0.15) is 0 Å². The summed E-state index contributed by atoms with van der Waals surface area (Å²) < 4.78 is 31.6. The lowest BCUT2D eigenvalue weighted by atomic mass is 9.83. The lowest BCUT2D eigenvalue weighted by Gasteiger charge is -2.25. The molecule has 2 rings (SSSR count). The third-order valence-corrected chi connectivity index (χ3v) is 5.05. The van der Waals surface area contributed by atoms with Crippen LogP contribution < -0.4 is 4.72 Å². The molecule has 1 saturated carbocycles. The Bertz CT molecular complexity index is 500. The summed E-state index contributed by atoms with van der Waals surface area (Å²) in [7, 11) is -3.59. The molecule has 0 unspecified atom stereocenters. The fourth-order valence-corrected chi connectivity index (χ4v) is 3.48. The van der Waals surface area contributed by atoms with Crippen molar-refractivity contribution in [1.29, 1.82) is 0 Å². The molecule has 1 aromatic heterocycles. The zero-order valence-corrected chi connectivity index (χ0v) is 11.9. The smallest absolute Gasteiger partial charge is 0.273 e. The van der Waals surface area contributed by atoms with E-state index < -0.39 is 10.0 Å². The van der Waals surface area contributed by atoms with E-state index in [4.69, 9.17) is 9.52 Å². The van der Waals surface area contributed by atoms with Crippen LogP contribution in [0.1, 0.15) is 38.4 Å². The summed E-state index contributed by atoms with van der Waals surface area (Å²) in [6.07, 6.45) is 4.48. The zero-order chi connectivity index (χ0) is 13.9. The summed E-state index contributed by atoms with van der Waals surface area (Å²) in [4.78, 5) is 0. The second-order valence-electron chi connectivity index (χ2n) is 5.36. The summed E-state index contributed by atoms with van der Waals surface area (Å²) in [5, 5.41) is 8.74. The molecule has 2 N–H and O–H groups in total. The van der Waals surface area contributed by atoms with Crippen LogP contribution >= 0.6 is 0 Å². The number of furan rings is 1. The van der Waals surface area contributed by atoms with E-state index >= 15 is 0 Å². The molecule has 0 aromatic carbocycles. The van der Waals surface area contributed by atoms with Crippen molar-refractivity contribution in [1.82, 2.24) is 4.72 Å². The fraction of sp³-hybridized carbons (Fsp3) is 0.692. The van der Waals surface area contributed by atoms with Crippen molar-refractivity contribution in [2.45, 2.75) is 44.3 Å². The van der Waals surface area contributed by atoms with Crippen LogP contribution in [0.25, 0.3) is 0 Å². The van der Waals surface area contributed by atoms with E-state index in [1.807, 2.05) is 0 Å². The van der Waals surface area contributed by atoms with Gasteiger partial charge in [-0.05, 0) is 36.8 Å². The summed E-state index contributed by atoms with van der Waals surface area (Å²) in [5.74, 6) is 1.43. The van der Waals surface area contributed by atoms with Gasteiger partial charge in [0.15, 0.2) is 0 Å². The van der Waals surface area contributed by atoms with Crippen LogP contribution in [0.5, 0.6) is 0 Å².